The Balaban J connectivity index is 2.15. The maximum atomic E-state index is 12.4. The number of hydrogen-bond donors (Lipinski definition) is 0. The SMILES string of the molecule is CCCCN(Cc1cccn1Cc1ccccc1C)C(=O)[C@@H](C)Cl. The van der Waals surface area contributed by atoms with Gasteiger partial charge in [0.05, 0.1) is 6.54 Å². The molecule has 0 aliphatic carbocycles. The van der Waals surface area contributed by atoms with E-state index in [1.165, 1.54) is 11.1 Å². The summed E-state index contributed by atoms with van der Waals surface area (Å²) in [7, 11) is 0. The van der Waals surface area contributed by atoms with Crippen molar-refractivity contribution in [3.63, 3.8) is 0 Å². The zero-order valence-electron chi connectivity index (χ0n) is 14.8. The second-order valence-corrected chi connectivity index (χ2v) is 6.94. The molecule has 0 fully saturated rings. The third-order valence-electron chi connectivity index (χ3n) is 4.31. The van der Waals surface area contributed by atoms with Crippen LogP contribution in [0.15, 0.2) is 42.6 Å². The standard InChI is InChI=1S/C20H27ClN2O/c1-4-5-12-23(20(24)17(3)21)15-19-11-8-13-22(19)14-18-10-7-6-9-16(18)2/h6-11,13,17H,4-5,12,14-15H2,1-3H3/t17-/m1/s1. The van der Waals surface area contributed by atoms with Gasteiger partial charge in [-0.25, -0.2) is 0 Å². The molecule has 1 atom stereocenters. The highest BCUT2D eigenvalue weighted by Gasteiger charge is 2.19. The van der Waals surface area contributed by atoms with Gasteiger partial charge >= 0.3 is 0 Å². The van der Waals surface area contributed by atoms with E-state index in [0.717, 1.165) is 31.6 Å². The van der Waals surface area contributed by atoms with Gasteiger partial charge in [0, 0.05) is 25.0 Å². The fourth-order valence-electron chi connectivity index (χ4n) is 2.78. The quantitative estimate of drug-likeness (QED) is 0.641. The number of amides is 1. The minimum atomic E-state index is -0.485. The first kappa shape index (κ1) is 18.6. The fraction of sp³-hybridized carbons (Fsp3) is 0.450. The van der Waals surface area contributed by atoms with Crippen LogP contribution in [-0.4, -0.2) is 27.3 Å². The van der Waals surface area contributed by atoms with Crippen molar-refractivity contribution < 1.29 is 4.79 Å². The summed E-state index contributed by atoms with van der Waals surface area (Å²) in [6.07, 6.45) is 4.13. The predicted octanol–water partition coefficient (Wildman–Crippen LogP) is 4.60. The summed E-state index contributed by atoms with van der Waals surface area (Å²) >= 11 is 6.03. The molecule has 0 aliphatic rings. The number of alkyl halides is 1. The highest BCUT2D eigenvalue weighted by atomic mass is 35.5. The van der Waals surface area contributed by atoms with Gasteiger partial charge in [-0.15, -0.1) is 11.6 Å². The summed E-state index contributed by atoms with van der Waals surface area (Å²) in [5.41, 5.74) is 3.72. The molecular formula is C20H27ClN2O. The molecule has 2 rings (SSSR count). The van der Waals surface area contributed by atoms with Gasteiger partial charge in [0.25, 0.3) is 0 Å². The van der Waals surface area contributed by atoms with Crippen molar-refractivity contribution in [3.8, 4) is 0 Å². The average Bonchev–Trinajstić information content (AvgIpc) is 2.99. The van der Waals surface area contributed by atoms with E-state index in [4.69, 9.17) is 11.6 Å². The number of benzene rings is 1. The molecule has 0 bridgehead atoms. The van der Waals surface area contributed by atoms with Crippen LogP contribution in [0.2, 0.25) is 0 Å². The molecule has 3 nitrogen and oxygen atoms in total. The number of rotatable bonds is 8. The van der Waals surface area contributed by atoms with Crippen LogP contribution in [0.25, 0.3) is 0 Å². The lowest BCUT2D eigenvalue weighted by atomic mass is 10.1. The number of aromatic nitrogens is 1. The zero-order valence-corrected chi connectivity index (χ0v) is 15.6. The van der Waals surface area contributed by atoms with E-state index in [2.05, 4.69) is 54.9 Å². The number of aryl methyl sites for hydroxylation is 1. The lowest BCUT2D eigenvalue weighted by Gasteiger charge is -2.24. The zero-order chi connectivity index (χ0) is 17.5. The molecule has 130 valence electrons. The molecule has 1 aromatic heterocycles. The van der Waals surface area contributed by atoms with E-state index in [1.807, 2.05) is 11.0 Å². The Morgan fingerprint density at radius 3 is 2.67 bits per heavy atom. The third kappa shape index (κ3) is 4.88. The van der Waals surface area contributed by atoms with Crippen molar-refractivity contribution in [2.45, 2.75) is 52.1 Å². The number of hydrogen-bond acceptors (Lipinski definition) is 1. The maximum absolute atomic E-state index is 12.4. The van der Waals surface area contributed by atoms with Crippen LogP contribution in [0.1, 0.15) is 43.5 Å². The van der Waals surface area contributed by atoms with Crippen molar-refractivity contribution in [2.24, 2.45) is 0 Å². The summed E-state index contributed by atoms with van der Waals surface area (Å²) < 4.78 is 2.22. The maximum Gasteiger partial charge on any atom is 0.240 e. The second kappa shape index (κ2) is 8.93. The first-order valence-electron chi connectivity index (χ1n) is 8.64. The van der Waals surface area contributed by atoms with E-state index < -0.39 is 5.38 Å². The van der Waals surface area contributed by atoms with Gasteiger partial charge in [-0.2, -0.15) is 0 Å². The monoisotopic (exact) mass is 346 g/mol. The van der Waals surface area contributed by atoms with Crippen LogP contribution in [0, 0.1) is 6.92 Å². The molecule has 0 saturated carbocycles. The predicted molar refractivity (Wildman–Crippen MR) is 100 cm³/mol. The lowest BCUT2D eigenvalue weighted by molar-refractivity contribution is -0.131. The largest absolute Gasteiger partial charge is 0.345 e. The second-order valence-electron chi connectivity index (χ2n) is 6.28. The number of halogens is 1. The minimum Gasteiger partial charge on any atom is -0.345 e. The van der Waals surface area contributed by atoms with Gasteiger partial charge in [0.2, 0.25) is 5.91 Å². The minimum absolute atomic E-state index is 0.00811. The molecule has 0 spiro atoms. The van der Waals surface area contributed by atoms with Crippen LogP contribution in [0.3, 0.4) is 0 Å². The molecule has 1 heterocycles. The van der Waals surface area contributed by atoms with Crippen molar-refractivity contribution in [1.82, 2.24) is 9.47 Å². The summed E-state index contributed by atoms with van der Waals surface area (Å²) in [5.74, 6) is 0.00811. The molecule has 1 amide bonds. The number of nitrogens with zero attached hydrogens (tertiary/aromatic N) is 2. The van der Waals surface area contributed by atoms with Crippen LogP contribution < -0.4 is 0 Å². The highest BCUT2D eigenvalue weighted by Crippen LogP contribution is 2.15. The normalized spacial score (nSPS) is 12.2. The Morgan fingerprint density at radius 1 is 1.25 bits per heavy atom. The Morgan fingerprint density at radius 2 is 2.00 bits per heavy atom. The molecule has 0 N–H and O–H groups in total. The van der Waals surface area contributed by atoms with Crippen LogP contribution in [-0.2, 0) is 17.9 Å². The van der Waals surface area contributed by atoms with Crippen molar-refractivity contribution >= 4 is 17.5 Å². The third-order valence-corrected chi connectivity index (χ3v) is 4.50. The fourth-order valence-corrected chi connectivity index (χ4v) is 2.92. The van der Waals surface area contributed by atoms with Crippen LogP contribution >= 0.6 is 11.6 Å². The summed E-state index contributed by atoms with van der Waals surface area (Å²) in [5, 5.41) is -0.485. The van der Waals surface area contributed by atoms with Gasteiger partial charge in [-0.1, -0.05) is 37.6 Å². The van der Waals surface area contributed by atoms with Crippen molar-refractivity contribution in [3.05, 3.63) is 59.4 Å². The Labute approximate surface area is 150 Å². The molecule has 24 heavy (non-hydrogen) atoms. The topological polar surface area (TPSA) is 25.2 Å². The smallest absolute Gasteiger partial charge is 0.240 e. The molecule has 0 saturated heterocycles. The first-order valence-corrected chi connectivity index (χ1v) is 9.08. The Hall–Kier alpha value is -1.74. The van der Waals surface area contributed by atoms with Crippen molar-refractivity contribution in [2.75, 3.05) is 6.54 Å². The van der Waals surface area contributed by atoms with Gasteiger partial charge in [-0.05, 0) is 43.5 Å². The van der Waals surface area contributed by atoms with E-state index in [9.17, 15) is 4.79 Å². The Bertz CT molecular complexity index is 663. The molecular weight excluding hydrogens is 320 g/mol. The molecule has 4 heteroatoms. The molecule has 0 aliphatic heterocycles. The summed E-state index contributed by atoms with van der Waals surface area (Å²) in [6, 6.07) is 12.5. The lowest BCUT2D eigenvalue weighted by Crippen LogP contribution is -2.36. The van der Waals surface area contributed by atoms with Crippen LogP contribution in [0.4, 0.5) is 0 Å². The van der Waals surface area contributed by atoms with Gasteiger partial charge in [0.15, 0.2) is 0 Å². The highest BCUT2D eigenvalue weighted by molar-refractivity contribution is 6.30. The first-order chi connectivity index (χ1) is 11.5. The molecule has 0 unspecified atom stereocenters. The number of unbranched alkanes of at least 4 members (excludes halogenated alkanes) is 1. The number of carbonyl (C=O) groups excluding carboxylic acids is 1. The van der Waals surface area contributed by atoms with E-state index in [1.54, 1.807) is 6.92 Å². The van der Waals surface area contributed by atoms with Crippen molar-refractivity contribution in [1.29, 1.82) is 0 Å². The summed E-state index contributed by atoms with van der Waals surface area (Å²) in [6.45, 7) is 8.19. The van der Waals surface area contributed by atoms with E-state index in [-0.39, 0.29) is 5.91 Å². The molecule has 0 radical (unpaired) electrons. The van der Waals surface area contributed by atoms with E-state index in [0.29, 0.717) is 6.54 Å². The average molecular weight is 347 g/mol. The number of carbonyl (C=O) groups is 1. The molecule has 2 aromatic rings. The van der Waals surface area contributed by atoms with E-state index >= 15 is 0 Å². The Kier molecular flexibility index (Phi) is 6.92. The molecule has 1 aromatic carbocycles. The van der Waals surface area contributed by atoms with Gasteiger partial charge in [-0.3, -0.25) is 4.79 Å². The van der Waals surface area contributed by atoms with Gasteiger partial charge < -0.3 is 9.47 Å². The summed E-state index contributed by atoms with van der Waals surface area (Å²) in [4.78, 5) is 14.3. The van der Waals surface area contributed by atoms with Gasteiger partial charge in [0.1, 0.15) is 5.38 Å². The van der Waals surface area contributed by atoms with Crippen LogP contribution in [0.5, 0.6) is 0 Å².